The summed E-state index contributed by atoms with van der Waals surface area (Å²) in [6, 6.07) is -3.18. The first-order valence-corrected chi connectivity index (χ1v) is 14.9. The summed E-state index contributed by atoms with van der Waals surface area (Å²) >= 11 is 0. The average Bonchev–Trinajstić information content (AvgIpc) is 2.84. The van der Waals surface area contributed by atoms with Crippen molar-refractivity contribution in [3.05, 3.63) is 12.2 Å². The number of rotatable bonds is 25. The summed E-state index contributed by atoms with van der Waals surface area (Å²) in [6.45, 7) is 7.55. The number of carboxylic acids is 3. The summed E-state index contributed by atoms with van der Waals surface area (Å²) in [5.74, 6) is -3.35. The van der Waals surface area contributed by atoms with Gasteiger partial charge in [0.2, 0.25) is 0 Å². The number of hydrogen-bond donors (Lipinski definition) is 3. The number of aliphatic carboxylic acids is 3. The lowest BCUT2D eigenvalue weighted by molar-refractivity contribution is -0.973. The van der Waals surface area contributed by atoms with Gasteiger partial charge in [0, 0.05) is 19.3 Å². The van der Waals surface area contributed by atoms with Crippen LogP contribution in [0.15, 0.2) is 12.2 Å². The van der Waals surface area contributed by atoms with Gasteiger partial charge in [-0.05, 0) is 32.1 Å². The van der Waals surface area contributed by atoms with E-state index in [2.05, 4.69) is 19.1 Å². The Bertz CT molecular complexity index is 607. The largest absolute Gasteiger partial charge is 0.477 e. The Hall–Kier alpha value is -1.89. The second-order valence-corrected chi connectivity index (χ2v) is 10.4. The monoisotopic (exact) mass is 526 g/mol. The number of hydrogen-bond acceptors (Lipinski definition) is 3. The molecule has 0 saturated heterocycles. The normalized spacial score (nSPS) is 15.8. The Morgan fingerprint density at radius 1 is 0.541 bits per heavy atom. The lowest BCUT2D eigenvalue weighted by Crippen LogP contribution is -2.72. The summed E-state index contributed by atoms with van der Waals surface area (Å²) in [4.78, 5) is 36.7. The standard InChI is InChI=1S/C30H55NO6/c1-5-9-10-11-12-13-14-15-16-17-18-19-20-21-22-23-24-31(25(6-2)28(32)33,26(7-3)29(34)35)27(8-4)30(36)37/h9-10,25-27H,5-8,11-24H2,1-4H3,(H2-,32,33,34,35,36,37)/p+1/b10-9+. The van der Waals surface area contributed by atoms with Crippen LogP contribution >= 0.6 is 0 Å². The third-order valence-corrected chi connectivity index (χ3v) is 7.82. The van der Waals surface area contributed by atoms with Crippen molar-refractivity contribution in [2.75, 3.05) is 6.54 Å². The molecule has 0 rings (SSSR count). The zero-order valence-electron chi connectivity index (χ0n) is 24.1. The zero-order chi connectivity index (χ0) is 28.1. The van der Waals surface area contributed by atoms with Gasteiger partial charge in [0.25, 0.3) is 0 Å². The Kier molecular flexibility index (Phi) is 20.0. The lowest BCUT2D eigenvalue weighted by Gasteiger charge is -2.49. The van der Waals surface area contributed by atoms with Gasteiger partial charge in [0.1, 0.15) is 0 Å². The quantitative estimate of drug-likeness (QED) is 0.0648. The van der Waals surface area contributed by atoms with E-state index in [0.717, 1.165) is 25.7 Å². The van der Waals surface area contributed by atoms with Crippen LogP contribution in [-0.4, -0.2) is 62.4 Å². The molecule has 0 radical (unpaired) electrons. The number of carbonyl (C=O) groups is 3. The molecule has 3 atom stereocenters. The smallest absolute Gasteiger partial charge is 0.362 e. The van der Waals surface area contributed by atoms with E-state index in [-0.39, 0.29) is 25.8 Å². The molecule has 0 aromatic heterocycles. The van der Waals surface area contributed by atoms with Crippen LogP contribution in [-0.2, 0) is 14.4 Å². The van der Waals surface area contributed by atoms with Gasteiger partial charge in [0.15, 0.2) is 18.1 Å². The summed E-state index contributed by atoms with van der Waals surface area (Å²) in [5.41, 5.74) is 0. The Balaban J connectivity index is 4.73. The molecule has 0 aliphatic rings. The average molecular weight is 527 g/mol. The lowest BCUT2D eigenvalue weighted by atomic mass is 9.93. The minimum Gasteiger partial charge on any atom is -0.477 e. The molecule has 3 unspecified atom stereocenters. The molecule has 0 heterocycles. The Labute approximate surface area is 225 Å². The molecule has 0 amide bonds. The van der Waals surface area contributed by atoms with Crippen LogP contribution in [0.4, 0.5) is 0 Å². The molecule has 7 nitrogen and oxygen atoms in total. The topological polar surface area (TPSA) is 112 Å². The molecule has 0 saturated carbocycles. The van der Waals surface area contributed by atoms with Crippen LogP contribution in [0.2, 0.25) is 0 Å². The molecule has 7 heteroatoms. The second kappa shape index (κ2) is 21.1. The van der Waals surface area contributed by atoms with E-state index in [1.807, 2.05) is 0 Å². The fourth-order valence-electron chi connectivity index (χ4n) is 5.98. The number of allylic oxidation sites excluding steroid dienone is 2. The van der Waals surface area contributed by atoms with Crippen LogP contribution in [0.5, 0.6) is 0 Å². The van der Waals surface area contributed by atoms with Crippen LogP contribution < -0.4 is 0 Å². The van der Waals surface area contributed by atoms with Crippen molar-refractivity contribution in [3.63, 3.8) is 0 Å². The van der Waals surface area contributed by atoms with Crippen LogP contribution in [0.3, 0.4) is 0 Å². The first-order chi connectivity index (χ1) is 17.7. The van der Waals surface area contributed by atoms with E-state index in [0.29, 0.717) is 6.42 Å². The highest BCUT2D eigenvalue weighted by atomic mass is 16.4. The van der Waals surface area contributed by atoms with Gasteiger partial charge >= 0.3 is 17.9 Å². The molecule has 0 aromatic rings. The summed E-state index contributed by atoms with van der Waals surface area (Å²) in [7, 11) is 0. The van der Waals surface area contributed by atoms with Crippen LogP contribution in [0.1, 0.15) is 137 Å². The van der Waals surface area contributed by atoms with Gasteiger partial charge in [-0.2, -0.15) is 0 Å². The molecule has 3 N–H and O–H groups in total. The summed E-state index contributed by atoms with van der Waals surface area (Å²) in [6.07, 6.45) is 21.2. The Morgan fingerprint density at radius 2 is 0.865 bits per heavy atom. The molecule has 0 aromatic carbocycles. The van der Waals surface area contributed by atoms with Gasteiger partial charge in [-0.15, -0.1) is 0 Å². The predicted molar refractivity (Wildman–Crippen MR) is 150 cm³/mol. The number of nitrogens with zero attached hydrogens (tertiary/aromatic N) is 1. The fraction of sp³-hybridized carbons (Fsp3) is 0.833. The van der Waals surface area contributed by atoms with Gasteiger partial charge in [-0.3, -0.25) is 4.48 Å². The van der Waals surface area contributed by atoms with Crippen molar-refractivity contribution in [2.24, 2.45) is 0 Å². The highest BCUT2D eigenvalue weighted by Crippen LogP contribution is 2.32. The molecule has 0 spiro atoms. The van der Waals surface area contributed by atoms with E-state index in [4.69, 9.17) is 0 Å². The maximum atomic E-state index is 12.2. The van der Waals surface area contributed by atoms with Gasteiger partial charge in [0.05, 0.1) is 6.54 Å². The van der Waals surface area contributed by atoms with Crippen molar-refractivity contribution in [3.8, 4) is 0 Å². The molecule has 0 bridgehead atoms. The highest BCUT2D eigenvalue weighted by Gasteiger charge is 2.55. The summed E-state index contributed by atoms with van der Waals surface area (Å²) in [5, 5.41) is 30.0. The third kappa shape index (κ3) is 12.5. The third-order valence-electron chi connectivity index (χ3n) is 7.82. The number of carboxylic acid groups (broad SMARTS) is 3. The maximum Gasteiger partial charge on any atom is 0.362 e. The predicted octanol–water partition coefficient (Wildman–Crippen LogP) is 7.43. The SMILES string of the molecule is CC/C=C/CCCCCCCCCCCCCC[N+](C(CC)C(=O)O)(C(CC)C(=O)O)C(CC)C(=O)O. The van der Waals surface area contributed by atoms with Gasteiger partial charge in [-0.1, -0.05) is 97.6 Å². The molecular formula is C30H56NO6+. The Morgan fingerprint density at radius 3 is 1.16 bits per heavy atom. The molecular weight excluding hydrogens is 470 g/mol. The number of quaternary nitrogens is 1. The van der Waals surface area contributed by atoms with Gasteiger partial charge < -0.3 is 15.3 Å². The second-order valence-electron chi connectivity index (χ2n) is 10.4. The molecule has 0 fully saturated rings. The van der Waals surface area contributed by atoms with Crippen molar-refractivity contribution in [1.82, 2.24) is 0 Å². The first kappa shape index (κ1) is 35.1. The van der Waals surface area contributed by atoms with E-state index in [9.17, 15) is 29.7 Å². The number of unbranched alkanes of at least 4 members (excludes halogenated alkanes) is 12. The molecule has 216 valence electrons. The van der Waals surface area contributed by atoms with E-state index in [1.165, 1.54) is 57.8 Å². The molecule has 37 heavy (non-hydrogen) atoms. The molecule has 0 aliphatic heterocycles. The molecule has 0 aliphatic carbocycles. The van der Waals surface area contributed by atoms with Crippen molar-refractivity contribution < 1.29 is 34.2 Å². The summed E-state index contributed by atoms with van der Waals surface area (Å²) < 4.78 is -0.404. The van der Waals surface area contributed by atoms with Gasteiger partial charge in [-0.25, -0.2) is 14.4 Å². The van der Waals surface area contributed by atoms with Crippen molar-refractivity contribution >= 4 is 17.9 Å². The minimum atomic E-state index is -1.12. The fourth-order valence-corrected chi connectivity index (χ4v) is 5.98. The van der Waals surface area contributed by atoms with Crippen molar-refractivity contribution in [1.29, 1.82) is 0 Å². The zero-order valence-corrected chi connectivity index (χ0v) is 24.1. The van der Waals surface area contributed by atoms with E-state index >= 15 is 0 Å². The first-order valence-electron chi connectivity index (χ1n) is 14.9. The minimum absolute atomic E-state index is 0.193. The van der Waals surface area contributed by atoms with Crippen molar-refractivity contribution in [2.45, 2.75) is 155 Å². The van der Waals surface area contributed by atoms with E-state index in [1.54, 1.807) is 20.8 Å². The highest BCUT2D eigenvalue weighted by molar-refractivity contribution is 5.78. The van der Waals surface area contributed by atoms with E-state index < -0.39 is 40.5 Å². The van der Waals surface area contributed by atoms with Crippen LogP contribution in [0, 0.1) is 0 Å². The maximum absolute atomic E-state index is 12.2. The van der Waals surface area contributed by atoms with Crippen LogP contribution in [0.25, 0.3) is 0 Å².